The number of unbranched alkanes of at least 4 members (excludes halogenated alkanes) is 1. The fourth-order valence-electron chi connectivity index (χ4n) is 4.74. The summed E-state index contributed by atoms with van der Waals surface area (Å²) >= 11 is 0. The average molecular weight is 508 g/mol. The maximum absolute atomic E-state index is 4.84. The van der Waals surface area contributed by atoms with Gasteiger partial charge < -0.3 is 20.4 Å². The summed E-state index contributed by atoms with van der Waals surface area (Å²) in [4.78, 5) is 10.1. The number of piperidine rings is 2. The fourth-order valence-corrected chi connectivity index (χ4v) is 4.74. The highest BCUT2D eigenvalue weighted by atomic mass is 127. The lowest BCUT2D eigenvalue weighted by Crippen LogP contribution is -2.48. The number of nitrogens with one attached hydrogen (secondary N) is 2. The second kappa shape index (κ2) is 14.8. The topological polar surface area (TPSA) is 42.9 Å². The first-order valence-corrected chi connectivity index (χ1v) is 11.6. The van der Waals surface area contributed by atoms with Crippen molar-refractivity contribution in [3.8, 4) is 0 Å². The maximum atomic E-state index is 4.84. The van der Waals surface area contributed by atoms with Crippen LogP contribution in [0.3, 0.4) is 0 Å². The summed E-state index contributed by atoms with van der Waals surface area (Å²) in [5, 5.41) is 7.11. The van der Waals surface area contributed by atoms with Crippen LogP contribution in [0.15, 0.2) is 4.99 Å². The second-order valence-corrected chi connectivity index (χ2v) is 8.93. The van der Waals surface area contributed by atoms with Crippen molar-refractivity contribution in [1.82, 2.24) is 20.4 Å². The van der Waals surface area contributed by atoms with Gasteiger partial charge >= 0.3 is 0 Å². The van der Waals surface area contributed by atoms with Crippen molar-refractivity contribution >= 4 is 29.9 Å². The van der Waals surface area contributed by atoms with Gasteiger partial charge in [0.15, 0.2) is 5.96 Å². The van der Waals surface area contributed by atoms with Gasteiger partial charge in [0.2, 0.25) is 0 Å². The molecule has 2 aliphatic rings. The number of likely N-dealkylation sites (tertiary alicyclic amines) is 2. The Balaban J connectivity index is 0.00000392. The van der Waals surface area contributed by atoms with E-state index in [9.17, 15) is 0 Å². The quantitative estimate of drug-likeness (QED) is 0.216. The number of hydrogen-bond acceptors (Lipinski definition) is 3. The molecular formula is C22H46IN5. The largest absolute Gasteiger partial charge is 0.357 e. The van der Waals surface area contributed by atoms with Crippen molar-refractivity contribution in [2.45, 2.75) is 72.3 Å². The molecule has 2 N–H and O–H groups in total. The van der Waals surface area contributed by atoms with Gasteiger partial charge in [-0.1, -0.05) is 20.8 Å². The van der Waals surface area contributed by atoms with Gasteiger partial charge in [-0.05, 0) is 70.4 Å². The summed E-state index contributed by atoms with van der Waals surface area (Å²) in [5.74, 6) is 2.74. The molecule has 0 aromatic carbocycles. The number of rotatable bonds is 9. The van der Waals surface area contributed by atoms with Crippen molar-refractivity contribution in [2.75, 3.05) is 52.4 Å². The SMILES string of the molecule is CCCN1CCC(NC(=NCCCCN2CC(C)CC(C)C2)NCC)CC1.I. The summed E-state index contributed by atoms with van der Waals surface area (Å²) in [5.41, 5.74) is 0. The average Bonchev–Trinajstić information content (AvgIpc) is 2.62. The molecule has 5 nitrogen and oxygen atoms in total. The van der Waals surface area contributed by atoms with Crippen molar-refractivity contribution in [2.24, 2.45) is 16.8 Å². The van der Waals surface area contributed by atoms with Crippen LogP contribution in [-0.4, -0.2) is 74.2 Å². The first-order chi connectivity index (χ1) is 13.1. The molecule has 0 aliphatic carbocycles. The van der Waals surface area contributed by atoms with E-state index >= 15 is 0 Å². The summed E-state index contributed by atoms with van der Waals surface area (Å²) < 4.78 is 0. The predicted octanol–water partition coefficient (Wildman–Crippen LogP) is 3.79. The molecule has 2 rings (SSSR count). The lowest BCUT2D eigenvalue weighted by atomic mass is 9.92. The minimum atomic E-state index is 0. The van der Waals surface area contributed by atoms with E-state index < -0.39 is 0 Å². The van der Waals surface area contributed by atoms with E-state index in [1.165, 1.54) is 77.8 Å². The third kappa shape index (κ3) is 10.1. The molecule has 2 atom stereocenters. The van der Waals surface area contributed by atoms with Crippen LogP contribution in [0.4, 0.5) is 0 Å². The van der Waals surface area contributed by atoms with Crippen LogP contribution in [-0.2, 0) is 0 Å². The molecule has 2 saturated heterocycles. The number of aliphatic imine (C=N–C) groups is 1. The number of guanidine groups is 1. The van der Waals surface area contributed by atoms with Crippen molar-refractivity contribution in [3.63, 3.8) is 0 Å². The third-order valence-corrected chi connectivity index (χ3v) is 5.91. The Labute approximate surface area is 191 Å². The van der Waals surface area contributed by atoms with Crippen LogP contribution < -0.4 is 10.6 Å². The van der Waals surface area contributed by atoms with E-state index in [1.807, 2.05) is 0 Å². The Kier molecular flexibility index (Phi) is 13.7. The molecule has 6 heteroatoms. The van der Waals surface area contributed by atoms with Crippen molar-refractivity contribution in [1.29, 1.82) is 0 Å². The van der Waals surface area contributed by atoms with E-state index in [-0.39, 0.29) is 24.0 Å². The Hall–Kier alpha value is -0.0800. The van der Waals surface area contributed by atoms with Crippen molar-refractivity contribution in [3.05, 3.63) is 0 Å². The Bertz CT molecular complexity index is 413. The predicted molar refractivity (Wildman–Crippen MR) is 133 cm³/mol. The number of hydrogen-bond donors (Lipinski definition) is 2. The molecule has 2 fully saturated rings. The highest BCUT2D eigenvalue weighted by Gasteiger charge is 2.21. The van der Waals surface area contributed by atoms with Crippen molar-refractivity contribution < 1.29 is 0 Å². The number of halogens is 1. The van der Waals surface area contributed by atoms with Crippen LogP contribution in [0.1, 0.15) is 66.2 Å². The van der Waals surface area contributed by atoms with Crippen LogP contribution in [0, 0.1) is 11.8 Å². The highest BCUT2D eigenvalue weighted by Crippen LogP contribution is 2.21. The van der Waals surface area contributed by atoms with Gasteiger partial charge in [-0.2, -0.15) is 0 Å². The summed E-state index contributed by atoms with van der Waals surface area (Å²) in [7, 11) is 0. The number of nitrogens with zero attached hydrogens (tertiary/aromatic N) is 3. The van der Waals surface area contributed by atoms with Gasteiger partial charge in [0, 0.05) is 45.3 Å². The molecule has 0 aromatic heterocycles. The molecule has 2 unspecified atom stereocenters. The van der Waals surface area contributed by atoms with Crippen LogP contribution in [0.5, 0.6) is 0 Å². The maximum Gasteiger partial charge on any atom is 0.191 e. The monoisotopic (exact) mass is 507 g/mol. The molecule has 0 spiro atoms. The second-order valence-electron chi connectivity index (χ2n) is 8.93. The van der Waals surface area contributed by atoms with Gasteiger partial charge in [0.1, 0.15) is 0 Å². The van der Waals surface area contributed by atoms with Gasteiger partial charge in [0.05, 0.1) is 0 Å². The van der Waals surface area contributed by atoms with E-state index in [1.54, 1.807) is 0 Å². The standard InChI is InChI=1S/C22H45N5.HI/c1-5-12-26-14-9-21(10-15-26)25-22(23-6-2)24-11-7-8-13-27-17-19(3)16-20(4)18-27;/h19-21H,5-18H2,1-4H3,(H2,23,24,25);1H. The molecule has 0 amide bonds. The molecule has 28 heavy (non-hydrogen) atoms. The third-order valence-electron chi connectivity index (χ3n) is 5.91. The molecule has 0 saturated carbocycles. The summed E-state index contributed by atoms with van der Waals surface area (Å²) in [6.07, 6.45) is 7.57. The fraction of sp³-hybridized carbons (Fsp3) is 0.955. The molecule has 166 valence electrons. The molecule has 0 radical (unpaired) electrons. The van der Waals surface area contributed by atoms with E-state index in [4.69, 9.17) is 4.99 Å². The zero-order valence-electron chi connectivity index (χ0n) is 18.9. The lowest BCUT2D eigenvalue weighted by Gasteiger charge is -2.34. The minimum Gasteiger partial charge on any atom is -0.357 e. The first-order valence-electron chi connectivity index (χ1n) is 11.6. The molecule has 2 heterocycles. The summed E-state index contributed by atoms with van der Waals surface area (Å²) in [6, 6.07) is 0.576. The normalized spacial score (nSPS) is 25.4. The molecular weight excluding hydrogens is 461 g/mol. The molecule has 0 aromatic rings. The van der Waals surface area contributed by atoms with Gasteiger partial charge in [-0.15, -0.1) is 24.0 Å². The Morgan fingerprint density at radius 2 is 1.64 bits per heavy atom. The zero-order chi connectivity index (χ0) is 19.5. The van der Waals surface area contributed by atoms with Crippen LogP contribution in [0.25, 0.3) is 0 Å². The van der Waals surface area contributed by atoms with Crippen LogP contribution >= 0.6 is 24.0 Å². The highest BCUT2D eigenvalue weighted by molar-refractivity contribution is 14.0. The zero-order valence-corrected chi connectivity index (χ0v) is 21.2. The van der Waals surface area contributed by atoms with Gasteiger partial charge in [0.25, 0.3) is 0 Å². The molecule has 0 bridgehead atoms. The molecule has 2 aliphatic heterocycles. The minimum absolute atomic E-state index is 0. The Morgan fingerprint density at radius 1 is 0.964 bits per heavy atom. The van der Waals surface area contributed by atoms with E-state index in [2.05, 4.69) is 48.1 Å². The van der Waals surface area contributed by atoms with Gasteiger partial charge in [-0.25, -0.2) is 0 Å². The Morgan fingerprint density at radius 3 is 2.25 bits per heavy atom. The smallest absolute Gasteiger partial charge is 0.191 e. The van der Waals surface area contributed by atoms with E-state index in [0.29, 0.717) is 6.04 Å². The first kappa shape index (κ1) is 26.0. The lowest BCUT2D eigenvalue weighted by molar-refractivity contribution is 0.139. The summed E-state index contributed by atoms with van der Waals surface area (Å²) in [6.45, 7) is 18.6. The van der Waals surface area contributed by atoms with Crippen LogP contribution in [0.2, 0.25) is 0 Å². The van der Waals surface area contributed by atoms with Gasteiger partial charge in [-0.3, -0.25) is 4.99 Å². The van der Waals surface area contributed by atoms with E-state index in [0.717, 1.165) is 30.9 Å².